The highest BCUT2D eigenvalue weighted by Gasteiger charge is 2.27. The van der Waals surface area contributed by atoms with Crippen LogP contribution in [0.2, 0.25) is 5.02 Å². The second kappa shape index (κ2) is 6.78. The summed E-state index contributed by atoms with van der Waals surface area (Å²) in [5.74, 6) is -0.449. The first kappa shape index (κ1) is 17.3. The molecule has 0 fully saturated rings. The SMILES string of the molecule is CC(c1nc2ccccc2s1)N(C)C(=O)c1ccc(Cl)cc1[N+](=O)[O-]. The number of amides is 1. The van der Waals surface area contributed by atoms with E-state index in [2.05, 4.69) is 4.98 Å². The number of benzene rings is 2. The minimum absolute atomic E-state index is 0.00450. The second-order valence-electron chi connectivity index (χ2n) is 5.53. The average molecular weight is 376 g/mol. The van der Waals surface area contributed by atoms with E-state index in [0.717, 1.165) is 15.2 Å². The Kier molecular flexibility index (Phi) is 4.69. The van der Waals surface area contributed by atoms with Crippen molar-refractivity contribution in [3.63, 3.8) is 0 Å². The number of rotatable bonds is 4. The van der Waals surface area contributed by atoms with Gasteiger partial charge in [0.15, 0.2) is 0 Å². The number of nitro groups is 1. The van der Waals surface area contributed by atoms with Crippen molar-refractivity contribution in [2.45, 2.75) is 13.0 Å². The van der Waals surface area contributed by atoms with E-state index >= 15 is 0 Å². The van der Waals surface area contributed by atoms with Crippen LogP contribution < -0.4 is 0 Å². The molecule has 1 atom stereocenters. The topological polar surface area (TPSA) is 76.3 Å². The minimum atomic E-state index is -0.602. The minimum Gasteiger partial charge on any atom is -0.332 e. The molecule has 0 spiro atoms. The van der Waals surface area contributed by atoms with Gasteiger partial charge in [-0.1, -0.05) is 23.7 Å². The maximum atomic E-state index is 12.8. The lowest BCUT2D eigenvalue weighted by atomic mass is 10.1. The molecule has 0 saturated heterocycles. The molecule has 25 heavy (non-hydrogen) atoms. The van der Waals surface area contributed by atoms with Crippen molar-refractivity contribution in [1.29, 1.82) is 0 Å². The number of hydrogen-bond donors (Lipinski definition) is 0. The Hall–Kier alpha value is -2.51. The maximum Gasteiger partial charge on any atom is 0.283 e. The summed E-state index contributed by atoms with van der Waals surface area (Å²) in [6, 6.07) is 11.4. The van der Waals surface area contributed by atoms with Gasteiger partial charge >= 0.3 is 0 Å². The summed E-state index contributed by atoms with van der Waals surface area (Å²) in [6.45, 7) is 1.84. The van der Waals surface area contributed by atoms with Gasteiger partial charge in [0.25, 0.3) is 11.6 Å². The van der Waals surface area contributed by atoms with Gasteiger partial charge in [-0.05, 0) is 31.2 Å². The van der Waals surface area contributed by atoms with E-state index in [0.29, 0.717) is 0 Å². The number of para-hydroxylation sites is 1. The van der Waals surface area contributed by atoms with Crippen LogP contribution in [0.4, 0.5) is 5.69 Å². The average Bonchev–Trinajstić information content (AvgIpc) is 3.03. The Bertz CT molecular complexity index is 940. The molecule has 0 aliphatic rings. The van der Waals surface area contributed by atoms with Crippen LogP contribution in [0.15, 0.2) is 42.5 Å². The molecule has 6 nitrogen and oxygen atoms in total. The molecule has 1 aromatic heterocycles. The van der Waals surface area contributed by atoms with Crippen molar-refractivity contribution in [2.24, 2.45) is 0 Å². The molecule has 128 valence electrons. The molecular formula is C17H14ClN3O3S. The van der Waals surface area contributed by atoms with Gasteiger partial charge in [-0.25, -0.2) is 4.98 Å². The van der Waals surface area contributed by atoms with Crippen LogP contribution in [0.3, 0.4) is 0 Å². The number of halogens is 1. The molecule has 3 aromatic rings. The molecule has 8 heteroatoms. The van der Waals surface area contributed by atoms with Crippen molar-refractivity contribution in [2.75, 3.05) is 7.05 Å². The lowest BCUT2D eigenvalue weighted by molar-refractivity contribution is -0.385. The van der Waals surface area contributed by atoms with Crippen molar-refractivity contribution in [3.8, 4) is 0 Å². The van der Waals surface area contributed by atoms with Crippen molar-refractivity contribution in [3.05, 3.63) is 68.2 Å². The third-order valence-corrected chi connectivity index (χ3v) is 5.40. The van der Waals surface area contributed by atoms with E-state index in [1.165, 1.54) is 34.4 Å². The van der Waals surface area contributed by atoms with E-state index in [-0.39, 0.29) is 22.3 Å². The van der Waals surface area contributed by atoms with Gasteiger partial charge in [-0.3, -0.25) is 14.9 Å². The largest absolute Gasteiger partial charge is 0.332 e. The smallest absolute Gasteiger partial charge is 0.283 e. The standard InChI is InChI=1S/C17H14ClN3O3S/c1-10(16-19-13-5-3-4-6-15(13)25-16)20(2)17(22)12-8-7-11(18)9-14(12)21(23)24/h3-10H,1-2H3. The second-order valence-corrected chi connectivity index (χ2v) is 7.03. The lowest BCUT2D eigenvalue weighted by Crippen LogP contribution is -2.30. The van der Waals surface area contributed by atoms with Crippen LogP contribution >= 0.6 is 22.9 Å². The van der Waals surface area contributed by atoms with Crippen LogP contribution in [0.25, 0.3) is 10.2 Å². The maximum absolute atomic E-state index is 12.8. The molecule has 0 N–H and O–H groups in total. The highest BCUT2D eigenvalue weighted by molar-refractivity contribution is 7.18. The normalized spacial score (nSPS) is 12.1. The van der Waals surface area contributed by atoms with Crippen LogP contribution in [-0.2, 0) is 0 Å². The number of hydrogen-bond acceptors (Lipinski definition) is 5. The number of carbonyl (C=O) groups excluding carboxylic acids is 1. The number of nitro benzene ring substituents is 1. The number of nitrogens with zero attached hydrogens (tertiary/aromatic N) is 3. The predicted octanol–water partition coefficient (Wildman–Crippen LogP) is 4.69. The molecule has 0 bridgehead atoms. The van der Waals surface area contributed by atoms with E-state index in [4.69, 9.17) is 11.6 Å². The van der Waals surface area contributed by atoms with Gasteiger partial charge in [0, 0.05) is 18.1 Å². The Labute approximate surface area is 152 Å². The van der Waals surface area contributed by atoms with E-state index in [9.17, 15) is 14.9 Å². The fraction of sp³-hybridized carbons (Fsp3) is 0.176. The Morgan fingerprint density at radius 3 is 2.72 bits per heavy atom. The summed E-state index contributed by atoms with van der Waals surface area (Å²) in [7, 11) is 1.61. The zero-order valence-electron chi connectivity index (χ0n) is 13.5. The van der Waals surface area contributed by atoms with Crippen LogP contribution in [0.5, 0.6) is 0 Å². The van der Waals surface area contributed by atoms with Gasteiger partial charge in [-0.2, -0.15) is 0 Å². The summed E-state index contributed by atoms with van der Waals surface area (Å²) in [4.78, 5) is 29.4. The number of fused-ring (bicyclic) bond motifs is 1. The molecule has 0 saturated carbocycles. The van der Waals surface area contributed by atoms with Gasteiger partial charge in [0.1, 0.15) is 10.6 Å². The molecule has 1 amide bonds. The summed E-state index contributed by atoms with van der Waals surface area (Å²) < 4.78 is 1.03. The van der Waals surface area contributed by atoms with Crippen LogP contribution in [0, 0.1) is 10.1 Å². The van der Waals surface area contributed by atoms with Crippen molar-refractivity contribution < 1.29 is 9.72 Å². The quantitative estimate of drug-likeness (QED) is 0.489. The first-order valence-electron chi connectivity index (χ1n) is 7.45. The molecule has 0 radical (unpaired) electrons. The summed E-state index contributed by atoms with van der Waals surface area (Å²) in [6.07, 6.45) is 0. The molecule has 0 aliphatic carbocycles. The lowest BCUT2D eigenvalue weighted by Gasteiger charge is -2.23. The van der Waals surface area contributed by atoms with E-state index in [1.807, 2.05) is 31.2 Å². The molecule has 2 aromatic carbocycles. The molecule has 1 heterocycles. The molecule has 1 unspecified atom stereocenters. The number of thiazole rings is 1. The Morgan fingerprint density at radius 1 is 1.32 bits per heavy atom. The van der Waals surface area contributed by atoms with Crippen molar-refractivity contribution >= 4 is 44.7 Å². The van der Waals surface area contributed by atoms with E-state index < -0.39 is 10.8 Å². The van der Waals surface area contributed by atoms with Gasteiger partial charge in [0.2, 0.25) is 0 Å². The summed E-state index contributed by atoms with van der Waals surface area (Å²) in [5, 5.41) is 12.2. The summed E-state index contributed by atoms with van der Waals surface area (Å²) in [5.41, 5.74) is 0.568. The van der Waals surface area contributed by atoms with Gasteiger partial charge in [-0.15, -0.1) is 11.3 Å². The van der Waals surface area contributed by atoms with E-state index in [1.54, 1.807) is 7.05 Å². The number of carbonyl (C=O) groups is 1. The Balaban J connectivity index is 1.93. The monoisotopic (exact) mass is 375 g/mol. The molecule has 0 aliphatic heterocycles. The predicted molar refractivity (Wildman–Crippen MR) is 98.2 cm³/mol. The van der Waals surface area contributed by atoms with Gasteiger partial charge < -0.3 is 4.90 Å². The highest BCUT2D eigenvalue weighted by atomic mass is 35.5. The van der Waals surface area contributed by atoms with Gasteiger partial charge in [0.05, 0.1) is 21.2 Å². The first-order chi connectivity index (χ1) is 11.9. The Morgan fingerprint density at radius 2 is 2.04 bits per heavy atom. The third-order valence-electron chi connectivity index (χ3n) is 3.96. The number of aromatic nitrogens is 1. The van der Waals surface area contributed by atoms with Crippen LogP contribution in [-0.4, -0.2) is 27.8 Å². The molecule has 3 rings (SSSR count). The zero-order valence-corrected chi connectivity index (χ0v) is 15.0. The highest BCUT2D eigenvalue weighted by Crippen LogP contribution is 2.31. The molecular weight excluding hydrogens is 362 g/mol. The fourth-order valence-electron chi connectivity index (χ4n) is 2.44. The summed E-state index contributed by atoms with van der Waals surface area (Å²) >= 11 is 7.31. The third kappa shape index (κ3) is 3.33. The first-order valence-corrected chi connectivity index (χ1v) is 8.64. The fourth-order valence-corrected chi connectivity index (χ4v) is 3.67. The zero-order chi connectivity index (χ0) is 18.1. The van der Waals surface area contributed by atoms with Crippen LogP contribution in [0.1, 0.15) is 28.3 Å². The van der Waals surface area contributed by atoms with Crippen molar-refractivity contribution in [1.82, 2.24) is 9.88 Å².